The highest BCUT2D eigenvalue weighted by Crippen LogP contribution is 2.14. The second-order valence-corrected chi connectivity index (χ2v) is 6.80. The number of likely N-dealkylation sites (tertiary alicyclic amines) is 1. The number of benzene rings is 1. The van der Waals surface area contributed by atoms with Crippen LogP contribution in [0.15, 0.2) is 24.3 Å². The molecule has 0 aliphatic carbocycles. The van der Waals surface area contributed by atoms with Gasteiger partial charge in [0.1, 0.15) is 0 Å². The van der Waals surface area contributed by atoms with E-state index in [2.05, 4.69) is 24.1 Å². The summed E-state index contributed by atoms with van der Waals surface area (Å²) in [6, 6.07) is 8.04. The minimum atomic E-state index is 0.125. The van der Waals surface area contributed by atoms with Gasteiger partial charge in [-0.15, -0.1) is 0 Å². The summed E-state index contributed by atoms with van der Waals surface area (Å²) in [6.07, 6.45) is 3.52. The van der Waals surface area contributed by atoms with E-state index >= 15 is 0 Å². The molecule has 1 aliphatic heterocycles. The number of anilines is 1. The molecule has 0 spiro atoms. The Morgan fingerprint density at radius 3 is 2.71 bits per heavy atom. The minimum Gasteiger partial charge on any atom is -0.399 e. The number of nitrogen functional groups attached to an aromatic ring is 1. The fourth-order valence-corrected chi connectivity index (χ4v) is 3.03. The molecule has 0 saturated carbocycles. The number of piperidine rings is 1. The molecule has 5 heteroatoms. The standard InChI is InChI=1S/C19H31N3O2/c1-15(2)24-14-13-22-11-9-17(10-12-22)21-19(23)8-7-16-5-3-4-6-18(16)20/h3-6,15,17H,7-14,20H2,1-2H3,(H,21,23). The number of amides is 1. The van der Waals surface area contributed by atoms with Gasteiger partial charge in [-0.05, 0) is 44.7 Å². The lowest BCUT2D eigenvalue weighted by Crippen LogP contribution is -2.45. The molecule has 24 heavy (non-hydrogen) atoms. The number of ether oxygens (including phenoxy) is 1. The molecule has 0 radical (unpaired) electrons. The maximum atomic E-state index is 12.1. The van der Waals surface area contributed by atoms with Crippen LogP contribution in [0.3, 0.4) is 0 Å². The number of carbonyl (C=O) groups excluding carboxylic acids is 1. The van der Waals surface area contributed by atoms with Gasteiger partial charge in [0.15, 0.2) is 0 Å². The number of nitrogens with two attached hydrogens (primary N) is 1. The molecular formula is C19H31N3O2. The predicted molar refractivity (Wildman–Crippen MR) is 97.9 cm³/mol. The number of hydrogen-bond acceptors (Lipinski definition) is 4. The molecule has 5 nitrogen and oxygen atoms in total. The number of nitrogens with one attached hydrogen (secondary N) is 1. The van der Waals surface area contributed by atoms with E-state index in [1.54, 1.807) is 0 Å². The Morgan fingerprint density at radius 1 is 1.33 bits per heavy atom. The van der Waals surface area contributed by atoms with E-state index in [9.17, 15) is 4.79 Å². The van der Waals surface area contributed by atoms with Crippen molar-refractivity contribution in [3.8, 4) is 0 Å². The van der Waals surface area contributed by atoms with E-state index in [1.807, 2.05) is 24.3 Å². The summed E-state index contributed by atoms with van der Waals surface area (Å²) in [6.45, 7) is 7.94. The van der Waals surface area contributed by atoms with Gasteiger partial charge in [0, 0.05) is 37.8 Å². The lowest BCUT2D eigenvalue weighted by atomic mass is 10.0. The van der Waals surface area contributed by atoms with Crippen LogP contribution in [0.4, 0.5) is 5.69 Å². The first-order valence-corrected chi connectivity index (χ1v) is 9.01. The number of nitrogens with zero attached hydrogens (tertiary/aromatic N) is 1. The van der Waals surface area contributed by atoms with Crippen molar-refractivity contribution in [2.24, 2.45) is 0 Å². The van der Waals surface area contributed by atoms with Gasteiger partial charge >= 0.3 is 0 Å². The van der Waals surface area contributed by atoms with Crippen LogP contribution in [0.25, 0.3) is 0 Å². The summed E-state index contributed by atoms with van der Waals surface area (Å²) < 4.78 is 5.60. The lowest BCUT2D eigenvalue weighted by Gasteiger charge is -2.32. The van der Waals surface area contributed by atoms with Crippen LogP contribution in [-0.4, -0.2) is 49.2 Å². The third kappa shape index (κ3) is 6.49. The maximum absolute atomic E-state index is 12.1. The maximum Gasteiger partial charge on any atom is 0.220 e. The van der Waals surface area contributed by atoms with Crippen LogP contribution in [0, 0.1) is 0 Å². The zero-order valence-corrected chi connectivity index (χ0v) is 15.0. The molecule has 0 aromatic heterocycles. The molecule has 0 atom stereocenters. The van der Waals surface area contributed by atoms with Crippen molar-refractivity contribution in [3.05, 3.63) is 29.8 Å². The molecule has 2 rings (SSSR count). The fourth-order valence-electron chi connectivity index (χ4n) is 3.03. The second-order valence-electron chi connectivity index (χ2n) is 6.80. The summed E-state index contributed by atoms with van der Waals surface area (Å²) in [5, 5.41) is 3.17. The molecule has 1 saturated heterocycles. The summed E-state index contributed by atoms with van der Waals surface area (Å²) in [5.74, 6) is 0.125. The highest BCUT2D eigenvalue weighted by atomic mass is 16.5. The quantitative estimate of drug-likeness (QED) is 0.716. The first-order chi connectivity index (χ1) is 11.5. The molecule has 1 aliphatic rings. The van der Waals surface area contributed by atoms with Crippen molar-refractivity contribution < 1.29 is 9.53 Å². The molecule has 134 valence electrons. The lowest BCUT2D eigenvalue weighted by molar-refractivity contribution is -0.122. The monoisotopic (exact) mass is 333 g/mol. The molecule has 0 unspecified atom stereocenters. The van der Waals surface area contributed by atoms with Gasteiger partial charge in [-0.25, -0.2) is 0 Å². The molecule has 1 fully saturated rings. The SMILES string of the molecule is CC(C)OCCN1CCC(NC(=O)CCc2ccccc2N)CC1. The normalized spacial score (nSPS) is 16.5. The summed E-state index contributed by atoms with van der Waals surface area (Å²) >= 11 is 0. The van der Waals surface area contributed by atoms with Gasteiger partial charge in [0.2, 0.25) is 5.91 Å². The van der Waals surface area contributed by atoms with Crippen molar-refractivity contribution in [1.82, 2.24) is 10.2 Å². The Morgan fingerprint density at radius 2 is 2.04 bits per heavy atom. The van der Waals surface area contributed by atoms with Crippen molar-refractivity contribution in [2.45, 2.75) is 51.7 Å². The molecule has 1 amide bonds. The summed E-state index contributed by atoms with van der Waals surface area (Å²) in [7, 11) is 0. The van der Waals surface area contributed by atoms with Crippen LogP contribution >= 0.6 is 0 Å². The number of rotatable bonds is 8. The number of hydrogen-bond donors (Lipinski definition) is 2. The Balaban J connectivity index is 1.63. The largest absolute Gasteiger partial charge is 0.399 e. The highest BCUT2D eigenvalue weighted by Gasteiger charge is 2.20. The third-order valence-corrected chi connectivity index (χ3v) is 4.49. The average Bonchev–Trinajstić information content (AvgIpc) is 2.55. The van der Waals surface area contributed by atoms with Crippen LogP contribution in [0.2, 0.25) is 0 Å². The molecule has 1 heterocycles. The van der Waals surface area contributed by atoms with Crippen molar-refractivity contribution >= 4 is 11.6 Å². The van der Waals surface area contributed by atoms with E-state index in [-0.39, 0.29) is 5.91 Å². The third-order valence-electron chi connectivity index (χ3n) is 4.49. The topological polar surface area (TPSA) is 67.6 Å². The fraction of sp³-hybridized carbons (Fsp3) is 0.632. The van der Waals surface area contributed by atoms with Gasteiger partial charge in [0.25, 0.3) is 0 Å². The smallest absolute Gasteiger partial charge is 0.220 e. The van der Waals surface area contributed by atoms with E-state index in [1.165, 1.54) is 0 Å². The van der Waals surface area contributed by atoms with Crippen molar-refractivity contribution in [2.75, 3.05) is 32.0 Å². The van der Waals surface area contributed by atoms with E-state index in [4.69, 9.17) is 10.5 Å². The van der Waals surface area contributed by atoms with Gasteiger partial charge in [0.05, 0.1) is 12.7 Å². The van der Waals surface area contributed by atoms with Crippen LogP contribution < -0.4 is 11.1 Å². The summed E-state index contributed by atoms with van der Waals surface area (Å²) in [4.78, 5) is 14.6. The van der Waals surface area contributed by atoms with Gasteiger partial charge < -0.3 is 20.7 Å². The van der Waals surface area contributed by atoms with Gasteiger partial charge in [-0.2, -0.15) is 0 Å². The zero-order chi connectivity index (χ0) is 17.4. The molecule has 0 bridgehead atoms. The number of para-hydroxylation sites is 1. The number of carbonyl (C=O) groups is 1. The molecule has 1 aromatic rings. The van der Waals surface area contributed by atoms with Crippen LogP contribution in [-0.2, 0) is 16.0 Å². The summed E-state index contributed by atoms with van der Waals surface area (Å²) in [5.41, 5.74) is 7.73. The minimum absolute atomic E-state index is 0.125. The molecule has 3 N–H and O–H groups in total. The number of aryl methyl sites for hydroxylation is 1. The molecular weight excluding hydrogens is 302 g/mol. The van der Waals surface area contributed by atoms with E-state index < -0.39 is 0 Å². The Labute approximate surface area is 145 Å². The van der Waals surface area contributed by atoms with Crippen LogP contribution in [0.5, 0.6) is 0 Å². The highest BCUT2D eigenvalue weighted by molar-refractivity contribution is 5.76. The van der Waals surface area contributed by atoms with Gasteiger partial charge in [-0.1, -0.05) is 18.2 Å². The average molecular weight is 333 g/mol. The van der Waals surface area contributed by atoms with Crippen LogP contribution in [0.1, 0.15) is 38.7 Å². The van der Waals surface area contributed by atoms with Crippen molar-refractivity contribution in [1.29, 1.82) is 0 Å². The molecule has 1 aromatic carbocycles. The van der Waals surface area contributed by atoms with Gasteiger partial charge in [-0.3, -0.25) is 4.79 Å². The zero-order valence-electron chi connectivity index (χ0n) is 15.0. The first kappa shape index (κ1) is 18.7. The first-order valence-electron chi connectivity index (χ1n) is 9.01. The Bertz CT molecular complexity index is 511. The van der Waals surface area contributed by atoms with Crippen molar-refractivity contribution in [3.63, 3.8) is 0 Å². The van der Waals surface area contributed by atoms with E-state index in [0.29, 0.717) is 25.0 Å². The predicted octanol–water partition coefficient (Wildman–Crippen LogP) is 2.21. The van der Waals surface area contributed by atoms with E-state index in [0.717, 1.165) is 50.3 Å². The second kappa shape index (κ2) is 9.64. The Hall–Kier alpha value is -1.59. The Kier molecular flexibility index (Phi) is 7.53.